The van der Waals surface area contributed by atoms with Gasteiger partial charge in [-0.2, -0.15) is 0 Å². The number of nitrogens with one attached hydrogen (secondary N) is 1. The number of hydrogen-bond acceptors (Lipinski definition) is 2. The van der Waals surface area contributed by atoms with Crippen molar-refractivity contribution in [2.24, 2.45) is 0 Å². The van der Waals surface area contributed by atoms with Crippen LogP contribution in [0.3, 0.4) is 0 Å². The lowest BCUT2D eigenvalue weighted by Gasteiger charge is -2.22. The molecule has 1 aromatic heterocycles. The molecular weight excluding hydrogens is 227 g/mol. The molecule has 0 radical (unpaired) electrons. The number of nitrogens with zero attached hydrogens (tertiary/aromatic N) is 1. The van der Waals surface area contributed by atoms with E-state index in [1.807, 2.05) is 20.8 Å². The van der Waals surface area contributed by atoms with E-state index in [2.05, 4.69) is 10.3 Å². The lowest BCUT2D eigenvalue weighted by molar-refractivity contribution is 0.284. The number of hydrogen-bond donors (Lipinski definition) is 1. The minimum Gasteiger partial charge on any atom is -0.309 e. The van der Waals surface area contributed by atoms with E-state index in [4.69, 9.17) is 11.6 Å². The van der Waals surface area contributed by atoms with Crippen molar-refractivity contribution >= 4 is 11.6 Å². The summed E-state index contributed by atoms with van der Waals surface area (Å²) in [5.74, 6) is 0. The van der Waals surface area contributed by atoms with Gasteiger partial charge in [-0.15, -0.1) is 0 Å². The monoisotopic (exact) mass is 244 g/mol. The average Bonchev–Trinajstić information content (AvgIpc) is 2.18. The number of aromatic nitrogens is 1. The fraction of sp³-hybridized carbons (Fsp3) is 0.583. The molecule has 0 aliphatic carbocycles. The second kappa shape index (κ2) is 5.60. The van der Waals surface area contributed by atoms with Crippen molar-refractivity contribution in [3.8, 4) is 0 Å². The second-order valence-corrected chi connectivity index (χ2v) is 5.31. The summed E-state index contributed by atoms with van der Waals surface area (Å²) in [6, 6.07) is 1.76. The van der Waals surface area contributed by atoms with E-state index < -0.39 is 6.17 Å². The molecule has 0 bridgehead atoms. The zero-order valence-electron chi connectivity index (χ0n) is 9.93. The number of alkyl halides is 1. The van der Waals surface area contributed by atoms with E-state index in [1.165, 1.54) is 0 Å². The molecule has 16 heavy (non-hydrogen) atoms. The van der Waals surface area contributed by atoms with Crippen LogP contribution in [-0.4, -0.2) is 23.2 Å². The highest BCUT2D eigenvalue weighted by molar-refractivity contribution is 6.31. The molecule has 2 nitrogen and oxygen atoms in total. The van der Waals surface area contributed by atoms with Gasteiger partial charge < -0.3 is 5.32 Å². The zero-order chi connectivity index (χ0) is 12.2. The topological polar surface area (TPSA) is 24.9 Å². The molecule has 0 aromatic carbocycles. The van der Waals surface area contributed by atoms with E-state index in [1.54, 1.807) is 18.5 Å². The summed E-state index contributed by atoms with van der Waals surface area (Å²) in [4.78, 5) is 3.87. The van der Waals surface area contributed by atoms with Crippen LogP contribution in [0, 0.1) is 0 Å². The minimum absolute atomic E-state index is 0.0631. The Kier molecular flexibility index (Phi) is 4.69. The maximum atomic E-state index is 13.7. The highest BCUT2D eigenvalue weighted by Crippen LogP contribution is 2.16. The van der Waals surface area contributed by atoms with E-state index >= 15 is 0 Å². The van der Waals surface area contributed by atoms with Gasteiger partial charge in [0.25, 0.3) is 0 Å². The van der Waals surface area contributed by atoms with Gasteiger partial charge in [0.2, 0.25) is 0 Å². The zero-order valence-corrected chi connectivity index (χ0v) is 10.7. The highest BCUT2D eigenvalue weighted by atomic mass is 35.5. The van der Waals surface area contributed by atoms with Gasteiger partial charge in [-0.05, 0) is 32.4 Å². The molecule has 90 valence electrons. The third-order valence-corrected chi connectivity index (χ3v) is 2.49. The molecule has 0 saturated heterocycles. The van der Waals surface area contributed by atoms with Crippen LogP contribution in [0.25, 0.3) is 0 Å². The molecule has 1 unspecified atom stereocenters. The van der Waals surface area contributed by atoms with Crippen LogP contribution in [0.2, 0.25) is 5.02 Å². The van der Waals surface area contributed by atoms with Crippen molar-refractivity contribution in [3.63, 3.8) is 0 Å². The molecule has 0 fully saturated rings. The Morgan fingerprint density at radius 1 is 1.50 bits per heavy atom. The highest BCUT2D eigenvalue weighted by Gasteiger charge is 2.14. The Bertz CT molecular complexity index is 336. The van der Waals surface area contributed by atoms with E-state index in [-0.39, 0.29) is 5.54 Å². The summed E-state index contributed by atoms with van der Waals surface area (Å²) in [5.41, 5.74) is 0.742. The molecule has 1 N–H and O–H groups in total. The Hall–Kier alpha value is -0.670. The second-order valence-electron chi connectivity index (χ2n) is 4.90. The average molecular weight is 245 g/mol. The van der Waals surface area contributed by atoms with Gasteiger partial charge in [-0.1, -0.05) is 11.6 Å². The van der Waals surface area contributed by atoms with Gasteiger partial charge >= 0.3 is 0 Å². The number of rotatable bonds is 4. The van der Waals surface area contributed by atoms with Crippen molar-refractivity contribution in [2.45, 2.75) is 38.9 Å². The predicted molar refractivity (Wildman–Crippen MR) is 65.6 cm³/mol. The normalized spacial score (nSPS) is 13.8. The van der Waals surface area contributed by atoms with Gasteiger partial charge in [-0.25, -0.2) is 4.39 Å². The maximum Gasteiger partial charge on any atom is 0.117 e. The molecule has 0 saturated carbocycles. The van der Waals surface area contributed by atoms with Crippen LogP contribution in [0.4, 0.5) is 4.39 Å². The molecule has 1 atom stereocenters. The van der Waals surface area contributed by atoms with Crippen molar-refractivity contribution < 1.29 is 4.39 Å². The Labute approximate surface area is 101 Å². The summed E-state index contributed by atoms with van der Waals surface area (Å²) >= 11 is 5.91. The summed E-state index contributed by atoms with van der Waals surface area (Å²) in [6.07, 6.45) is 2.57. The smallest absolute Gasteiger partial charge is 0.117 e. The molecule has 4 heteroatoms. The Morgan fingerprint density at radius 3 is 2.75 bits per heavy atom. The summed E-state index contributed by atoms with van der Waals surface area (Å²) < 4.78 is 13.7. The maximum absolute atomic E-state index is 13.7. The van der Waals surface area contributed by atoms with Crippen LogP contribution in [0.1, 0.15) is 26.3 Å². The van der Waals surface area contributed by atoms with Crippen LogP contribution in [-0.2, 0) is 6.42 Å². The first-order valence-electron chi connectivity index (χ1n) is 5.36. The summed E-state index contributed by atoms with van der Waals surface area (Å²) in [7, 11) is 0. The van der Waals surface area contributed by atoms with E-state index in [0.717, 1.165) is 5.56 Å². The SMILES string of the molecule is CC(C)(C)NCC(F)Cc1ccncc1Cl. The molecule has 0 aliphatic rings. The third kappa shape index (κ3) is 4.90. The fourth-order valence-electron chi connectivity index (χ4n) is 1.30. The molecule has 0 spiro atoms. The Morgan fingerprint density at radius 2 is 2.19 bits per heavy atom. The standard InChI is InChI=1S/C12H18ClFN2/c1-12(2,3)16-7-10(14)6-9-4-5-15-8-11(9)13/h4-5,8,10,16H,6-7H2,1-3H3. The fourth-order valence-corrected chi connectivity index (χ4v) is 1.49. The van der Waals surface area contributed by atoms with Crippen LogP contribution in [0.15, 0.2) is 18.5 Å². The van der Waals surface area contributed by atoms with Gasteiger partial charge in [0.05, 0.1) is 5.02 Å². The van der Waals surface area contributed by atoms with Gasteiger partial charge in [0.1, 0.15) is 6.17 Å². The third-order valence-electron chi connectivity index (χ3n) is 2.15. The van der Waals surface area contributed by atoms with Crippen molar-refractivity contribution in [1.82, 2.24) is 10.3 Å². The van der Waals surface area contributed by atoms with E-state index in [9.17, 15) is 4.39 Å². The molecule has 1 aromatic rings. The summed E-state index contributed by atoms with van der Waals surface area (Å²) in [6.45, 7) is 6.37. The first-order valence-corrected chi connectivity index (χ1v) is 5.74. The Balaban J connectivity index is 2.46. The molecule has 1 rings (SSSR count). The van der Waals surface area contributed by atoms with Crippen LogP contribution in [0.5, 0.6) is 0 Å². The first-order chi connectivity index (χ1) is 7.38. The van der Waals surface area contributed by atoms with Crippen LogP contribution >= 0.6 is 11.6 Å². The van der Waals surface area contributed by atoms with Gasteiger partial charge in [0, 0.05) is 30.9 Å². The van der Waals surface area contributed by atoms with Gasteiger partial charge in [0.15, 0.2) is 0 Å². The molecule has 0 aliphatic heterocycles. The first kappa shape index (κ1) is 13.4. The van der Waals surface area contributed by atoms with Gasteiger partial charge in [-0.3, -0.25) is 4.98 Å². The quantitative estimate of drug-likeness (QED) is 0.881. The predicted octanol–water partition coefficient (Wildman–Crippen LogP) is 3.00. The lowest BCUT2D eigenvalue weighted by atomic mass is 10.1. The molecule has 1 heterocycles. The van der Waals surface area contributed by atoms with Crippen molar-refractivity contribution in [2.75, 3.05) is 6.54 Å². The molecular formula is C12H18ClFN2. The van der Waals surface area contributed by atoms with Crippen molar-refractivity contribution in [1.29, 1.82) is 0 Å². The van der Waals surface area contributed by atoms with Crippen molar-refractivity contribution in [3.05, 3.63) is 29.0 Å². The number of halogens is 2. The largest absolute Gasteiger partial charge is 0.309 e. The minimum atomic E-state index is -0.931. The lowest BCUT2D eigenvalue weighted by Crippen LogP contribution is -2.40. The molecule has 0 amide bonds. The van der Waals surface area contributed by atoms with Crippen LogP contribution < -0.4 is 5.32 Å². The summed E-state index contributed by atoms with van der Waals surface area (Å²) in [5, 5.41) is 3.66. The van der Waals surface area contributed by atoms with E-state index in [0.29, 0.717) is 18.0 Å². The number of pyridine rings is 1.